The maximum Gasteiger partial charge on any atom is 0.291 e. The van der Waals surface area contributed by atoms with Gasteiger partial charge >= 0.3 is 0 Å². The van der Waals surface area contributed by atoms with Gasteiger partial charge in [0.15, 0.2) is 5.76 Å². The fourth-order valence-corrected chi connectivity index (χ4v) is 2.45. The molecule has 3 aromatic rings. The summed E-state index contributed by atoms with van der Waals surface area (Å²) in [4.78, 5) is 24.6. The molecule has 0 spiro atoms. The second-order valence-electron chi connectivity index (χ2n) is 5.87. The number of aryl methyl sites for hydroxylation is 2. The summed E-state index contributed by atoms with van der Waals surface area (Å²) in [5, 5.41) is 5.47. The molecular weight excluding hydrogens is 335 g/mol. The molecule has 6 heteroatoms. The zero-order valence-electron chi connectivity index (χ0n) is 14.3. The molecule has 1 aromatic heterocycles. The van der Waals surface area contributed by atoms with Crippen LogP contribution in [0.4, 0.5) is 15.8 Å². The van der Waals surface area contributed by atoms with E-state index < -0.39 is 5.91 Å². The Bertz CT molecular complexity index is 965. The van der Waals surface area contributed by atoms with Gasteiger partial charge in [-0.25, -0.2) is 4.39 Å². The van der Waals surface area contributed by atoms with Gasteiger partial charge in [0, 0.05) is 16.9 Å². The average molecular weight is 352 g/mol. The molecule has 2 amide bonds. The number of hydrogen-bond donors (Lipinski definition) is 2. The lowest BCUT2D eigenvalue weighted by Gasteiger charge is -2.11. The lowest BCUT2D eigenvalue weighted by molar-refractivity contribution is 0.0993. The summed E-state index contributed by atoms with van der Waals surface area (Å²) in [5.74, 6) is -0.932. The Kier molecular flexibility index (Phi) is 4.84. The first kappa shape index (κ1) is 17.4. The molecule has 5 nitrogen and oxygen atoms in total. The topological polar surface area (TPSA) is 71.3 Å². The third-order valence-corrected chi connectivity index (χ3v) is 3.93. The SMILES string of the molecule is Cc1cc(F)ccc1NC(=O)c1ccc(C)c(NC(=O)c2ccco2)c1. The zero-order chi connectivity index (χ0) is 18.7. The molecule has 0 unspecified atom stereocenters. The molecular formula is C20H17FN2O3. The highest BCUT2D eigenvalue weighted by Gasteiger charge is 2.14. The van der Waals surface area contributed by atoms with Crippen LogP contribution in [0.25, 0.3) is 0 Å². The molecule has 0 saturated heterocycles. The van der Waals surface area contributed by atoms with Crippen LogP contribution in [0.1, 0.15) is 32.0 Å². The van der Waals surface area contributed by atoms with Crippen molar-refractivity contribution in [3.8, 4) is 0 Å². The summed E-state index contributed by atoms with van der Waals surface area (Å²) in [6.07, 6.45) is 1.41. The molecule has 2 aromatic carbocycles. The summed E-state index contributed by atoms with van der Waals surface area (Å²) in [6, 6.07) is 12.3. The molecule has 0 aliphatic rings. The Morgan fingerprint density at radius 2 is 1.65 bits per heavy atom. The number of rotatable bonds is 4. The zero-order valence-corrected chi connectivity index (χ0v) is 14.3. The summed E-state index contributed by atoms with van der Waals surface area (Å²) >= 11 is 0. The molecule has 0 bridgehead atoms. The van der Waals surface area contributed by atoms with Crippen LogP contribution in [-0.2, 0) is 0 Å². The minimum atomic E-state index is -0.398. The Balaban J connectivity index is 1.80. The molecule has 0 radical (unpaired) electrons. The third kappa shape index (κ3) is 3.80. The highest BCUT2D eigenvalue weighted by Crippen LogP contribution is 2.21. The monoisotopic (exact) mass is 352 g/mol. The maximum atomic E-state index is 13.2. The van der Waals surface area contributed by atoms with Crippen molar-refractivity contribution in [2.75, 3.05) is 10.6 Å². The number of carbonyl (C=O) groups is 2. The van der Waals surface area contributed by atoms with E-state index in [1.165, 1.54) is 24.5 Å². The van der Waals surface area contributed by atoms with Crippen LogP contribution in [0.5, 0.6) is 0 Å². The van der Waals surface area contributed by atoms with Crippen LogP contribution in [0.15, 0.2) is 59.2 Å². The van der Waals surface area contributed by atoms with E-state index in [9.17, 15) is 14.0 Å². The molecule has 132 valence electrons. The summed E-state index contributed by atoms with van der Waals surface area (Å²) < 4.78 is 18.2. The van der Waals surface area contributed by atoms with Crippen molar-refractivity contribution in [3.05, 3.63) is 83.1 Å². The summed E-state index contributed by atoms with van der Waals surface area (Å²) in [6.45, 7) is 3.53. The second-order valence-corrected chi connectivity index (χ2v) is 5.87. The van der Waals surface area contributed by atoms with E-state index in [2.05, 4.69) is 10.6 Å². The van der Waals surface area contributed by atoms with Crippen molar-refractivity contribution in [3.63, 3.8) is 0 Å². The second kappa shape index (κ2) is 7.23. The van der Waals surface area contributed by atoms with Gasteiger partial charge in [0.05, 0.1) is 6.26 Å². The summed E-state index contributed by atoms with van der Waals surface area (Å²) in [7, 11) is 0. The fourth-order valence-electron chi connectivity index (χ4n) is 2.45. The predicted octanol–water partition coefficient (Wildman–Crippen LogP) is 4.54. The van der Waals surface area contributed by atoms with Crippen molar-refractivity contribution in [1.29, 1.82) is 0 Å². The van der Waals surface area contributed by atoms with Gasteiger partial charge in [0.25, 0.3) is 11.8 Å². The summed E-state index contributed by atoms with van der Waals surface area (Å²) in [5.41, 5.74) is 2.83. The van der Waals surface area contributed by atoms with E-state index in [4.69, 9.17) is 4.42 Å². The van der Waals surface area contributed by atoms with Crippen LogP contribution >= 0.6 is 0 Å². The molecule has 0 atom stereocenters. The van der Waals surface area contributed by atoms with Crippen molar-refractivity contribution >= 4 is 23.2 Å². The predicted molar refractivity (Wildman–Crippen MR) is 96.9 cm³/mol. The van der Waals surface area contributed by atoms with Gasteiger partial charge in [-0.3, -0.25) is 9.59 Å². The van der Waals surface area contributed by atoms with E-state index in [0.717, 1.165) is 5.56 Å². The first-order chi connectivity index (χ1) is 12.4. The van der Waals surface area contributed by atoms with Crippen molar-refractivity contribution < 1.29 is 18.4 Å². The van der Waals surface area contributed by atoms with Crippen LogP contribution in [0, 0.1) is 19.7 Å². The van der Waals surface area contributed by atoms with Gasteiger partial charge in [-0.15, -0.1) is 0 Å². The lowest BCUT2D eigenvalue weighted by Crippen LogP contribution is -2.15. The van der Waals surface area contributed by atoms with Crippen molar-refractivity contribution in [2.24, 2.45) is 0 Å². The number of amides is 2. The average Bonchev–Trinajstić information content (AvgIpc) is 3.14. The quantitative estimate of drug-likeness (QED) is 0.724. The van der Waals surface area contributed by atoms with Crippen LogP contribution in [0.2, 0.25) is 0 Å². The first-order valence-corrected chi connectivity index (χ1v) is 7.97. The number of anilines is 2. The number of hydrogen-bond acceptors (Lipinski definition) is 3. The van der Waals surface area contributed by atoms with Gasteiger partial charge in [0.1, 0.15) is 5.82 Å². The number of benzene rings is 2. The highest BCUT2D eigenvalue weighted by molar-refractivity contribution is 6.07. The molecule has 0 aliphatic heterocycles. The minimum absolute atomic E-state index is 0.182. The van der Waals surface area contributed by atoms with E-state index in [-0.39, 0.29) is 17.5 Å². The number of nitrogens with one attached hydrogen (secondary N) is 2. The fraction of sp³-hybridized carbons (Fsp3) is 0.100. The molecule has 3 rings (SSSR count). The van der Waals surface area contributed by atoms with Gasteiger partial charge in [-0.2, -0.15) is 0 Å². The molecule has 1 heterocycles. The van der Waals surface area contributed by atoms with E-state index in [1.54, 1.807) is 37.3 Å². The number of carbonyl (C=O) groups excluding carboxylic acids is 2. The first-order valence-electron chi connectivity index (χ1n) is 7.97. The maximum absolute atomic E-state index is 13.2. The van der Waals surface area contributed by atoms with Crippen molar-refractivity contribution in [1.82, 2.24) is 0 Å². The molecule has 2 N–H and O–H groups in total. The molecule has 26 heavy (non-hydrogen) atoms. The molecule has 0 saturated carbocycles. The van der Waals surface area contributed by atoms with E-state index >= 15 is 0 Å². The van der Waals surface area contributed by atoms with Crippen LogP contribution in [0.3, 0.4) is 0 Å². The van der Waals surface area contributed by atoms with Gasteiger partial charge in [0.2, 0.25) is 0 Å². The van der Waals surface area contributed by atoms with Crippen LogP contribution in [-0.4, -0.2) is 11.8 Å². The Morgan fingerprint density at radius 1 is 0.885 bits per heavy atom. The minimum Gasteiger partial charge on any atom is -0.459 e. The van der Waals surface area contributed by atoms with Crippen LogP contribution < -0.4 is 10.6 Å². The van der Waals surface area contributed by atoms with E-state index in [1.807, 2.05) is 6.92 Å². The Hall–Kier alpha value is -3.41. The Labute approximate surface area is 149 Å². The van der Waals surface area contributed by atoms with Gasteiger partial charge in [-0.05, 0) is 67.4 Å². The normalized spacial score (nSPS) is 10.4. The highest BCUT2D eigenvalue weighted by atomic mass is 19.1. The lowest BCUT2D eigenvalue weighted by atomic mass is 10.1. The third-order valence-electron chi connectivity index (χ3n) is 3.93. The molecule has 0 aliphatic carbocycles. The van der Waals surface area contributed by atoms with Crippen molar-refractivity contribution in [2.45, 2.75) is 13.8 Å². The largest absolute Gasteiger partial charge is 0.459 e. The van der Waals surface area contributed by atoms with Gasteiger partial charge in [-0.1, -0.05) is 6.07 Å². The number of halogens is 1. The Morgan fingerprint density at radius 3 is 2.35 bits per heavy atom. The standard InChI is InChI=1S/C20H17FN2O3/c1-12-5-6-14(11-17(12)23-20(25)18-4-3-9-26-18)19(24)22-16-8-7-15(21)10-13(16)2/h3-11H,1-2H3,(H,22,24)(H,23,25). The molecule has 0 fully saturated rings. The number of furan rings is 1. The van der Waals surface area contributed by atoms with Gasteiger partial charge < -0.3 is 15.1 Å². The van der Waals surface area contributed by atoms with E-state index in [0.29, 0.717) is 22.5 Å². The smallest absolute Gasteiger partial charge is 0.291 e.